The van der Waals surface area contributed by atoms with Crippen molar-refractivity contribution < 1.29 is 4.79 Å². The highest BCUT2D eigenvalue weighted by Gasteiger charge is 2.05. The zero-order chi connectivity index (χ0) is 15.9. The Bertz CT molecular complexity index is 640. The molecule has 0 unspecified atom stereocenters. The van der Waals surface area contributed by atoms with Crippen molar-refractivity contribution in [3.05, 3.63) is 36.7 Å². The lowest BCUT2D eigenvalue weighted by Crippen LogP contribution is -2.23. The number of carbonyl (C=O) groups excluding carboxylic acids is 1. The van der Waals surface area contributed by atoms with E-state index in [2.05, 4.69) is 39.3 Å². The molecule has 0 fully saturated rings. The molecule has 1 aromatic heterocycles. The van der Waals surface area contributed by atoms with Gasteiger partial charge in [-0.1, -0.05) is 6.07 Å². The summed E-state index contributed by atoms with van der Waals surface area (Å²) in [5, 5.41) is 5.99. The van der Waals surface area contributed by atoms with Crippen LogP contribution in [0.1, 0.15) is 20.8 Å². The number of amides is 1. The number of nitrogens with zero attached hydrogens (tertiary/aromatic N) is 3. The molecule has 1 heterocycles. The van der Waals surface area contributed by atoms with Gasteiger partial charge in [-0.25, -0.2) is 9.97 Å². The van der Waals surface area contributed by atoms with Crippen molar-refractivity contribution in [2.24, 2.45) is 0 Å². The van der Waals surface area contributed by atoms with Crippen molar-refractivity contribution in [3.8, 4) is 0 Å². The monoisotopic (exact) mass is 299 g/mol. The van der Waals surface area contributed by atoms with Gasteiger partial charge in [-0.2, -0.15) is 0 Å². The Morgan fingerprint density at radius 1 is 1.14 bits per heavy atom. The van der Waals surface area contributed by atoms with E-state index in [1.807, 2.05) is 30.3 Å². The van der Waals surface area contributed by atoms with Crippen molar-refractivity contribution in [1.82, 2.24) is 9.97 Å². The smallest absolute Gasteiger partial charge is 0.221 e. The van der Waals surface area contributed by atoms with Gasteiger partial charge in [-0.15, -0.1) is 0 Å². The number of aromatic nitrogens is 2. The van der Waals surface area contributed by atoms with E-state index in [1.165, 1.54) is 6.92 Å². The number of anilines is 4. The van der Waals surface area contributed by atoms with Gasteiger partial charge in [0.05, 0.1) is 0 Å². The maximum atomic E-state index is 11.1. The normalized spacial score (nSPS) is 10.1. The molecule has 0 aliphatic carbocycles. The average molecular weight is 299 g/mol. The lowest BCUT2D eigenvalue weighted by molar-refractivity contribution is -0.114. The van der Waals surface area contributed by atoms with Gasteiger partial charge in [0.1, 0.15) is 18.0 Å². The van der Waals surface area contributed by atoms with Gasteiger partial charge in [0.2, 0.25) is 5.91 Å². The van der Waals surface area contributed by atoms with Crippen LogP contribution in [0.5, 0.6) is 0 Å². The fraction of sp³-hybridized carbons (Fsp3) is 0.312. The number of hydrogen-bond acceptors (Lipinski definition) is 5. The highest BCUT2D eigenvalue weighted by atomic mass is 16.1. The first-order chi connectivity index (χ1) is 10.6. The summed E-state index contributed by atoms with van der Waals surface area (Å²) in [4.78, 5) is 21.8. The van der Waals surface area contributed by atoms with Crippen LogP contribution < -0.4 is 15.5 Å². The van der Waals surface area contributed by atoms with Crippen LogP contribution in [0.2, 0.25) is 0 Å². The molecule has 2 N–H and O–H groups in total. The first-order valence-corrected chi connectivity index (χ1v) is 7.34. The summed E-state index contributed by atoms with van der Waals surface area (Å²) < 4.78 is 0. The molecule has 116 valence electrons. The average Bonchev–Trinajstić information content (AvgIpc) is 2.48. The van der Waals surface area contributed by atoms with Crippen molar-refractivity contribution >= 4 is 28.9 Å². The quantitative estimate of drug-likeness (QED) is 0.858. The molecule has 1 amide bonds. The zero-order valence-electron chi connectivity index (χ0n) is 13.1. The van der Waals surface area contributed by atoms with Crippen molar-refractivity contribution in [2.75, 3.05) is 28.6 Å². The van der Waals surface area contributed by atoms with Gasteiger partial charge in [-0.3, -0.25) is 4.79 Å². The largest absolute Gasteiger partial charge is 0.357 e. The lowest BCUT2D eigenvalue weighted by Gasteiger charge is -2.20. The fourth-order valence-electron chi connectivity index (χ4n) is 2.16. The SMILES string of the molecule is CCN(CC)c1cc(Nc2cccc(NC(C)=O)c2)ncn1. The zero-order valence-corrected chi connectivity index (χ0v) is 13.1. The number of hydrogen-bond donors (Lipinski definition) is 2. The minimum atomic E-state index is -0.0944. The molecular weight excluding hydrogens is 278 g/mol. The molecule has 2 rings (SSSR count). The molecule has 0 saturated heterocycles. The van der Waals surface area contributed by atoms with Crippen LogP contribution in [0.4, 0.5) is 23.0 Å². The maximum absolute atomic E-state index is 11.1. The molecule has 1 aromatic carbocycles. The highest BCUT2D eigenvalue weighted by Crippen LogP contribution is 2.21. The van der Waals surface area contributed by atoms with E-state index >= 15 is 0 Å². The third kappa shape index (κ3) is 4.18. The molecule has 6 nitrogen and oxygen atoms in total. The van der Waals surface area contributed by atoms with Crippen LogP contribution in [0.15, 0.2) is 36.7 Å². The minimum absolute atomic E-state index is 0.0944. The summed E-state index contributed by atoms with van der Waals surface area (Å²) in [6, 6.07) is 9.41. The van der Waals surface area contributed by atoms with Gasteiger partial charge in [-0.05, 0) is 32.0 Å². The molecule has 0 radical (unpaired) electrons. The van der Waals surface area contributed by atoms with Gasteiger partial charge in [0, 0.05) is 37.5 Å². The number of carbonyl (C=O) groups is 1. The van der Waals surface area contributed by atoms with E-state index in [0.717, 1.165) is 36.1 Å². The number of benzene rings is 1. The van der Waals surface area contributed by atoms with Crippen LogP contribution in [0.25, 0.3) is 0 Å². The Balaban J connectivity index is 2.17. The molecule has 0 aliphatic heterocycles. The number of nitrogens with one attached hydrogen (secondary N) is 2. The molecule has 2 aromatic rings. The Morgan fingerprint density at radius 2 is 1.86 bits per heavy atom. The van der Waals surface area contributed by atoms with Gasteiger partial charge in [0.25, 0.3) is 0 Å². The summed E-state index contributed by atoms with van der Waals surface area (Å²) in [6.07, 6.45) is 1.55. The minimum Gasteiger partial charge on any atom is -0.357 e. The van der Waals surface area contributed by atoms with E-state index in [1.54, 1.807) is 6.33 Å². The van der Waals surface area contributed by atoms with Gasteiger partial charge in [0.15, 0.2) is 0 Å². The van der Waals surface area contributed by atoms with Crippen molar-refractivity contribution in [1.29, 1.82) is 0 Å². The van der Waals surface area contributed by atoms with Crippen molar-refractivity contribution in [3.63, 3.8) is 0 Å². The fourth-order valence-corrected chi connectivity index (χ4v) is 2.16. The van der Waals surface area contributed by atoms with E-state index in [9.17, 15) is 4.79 Å². The molecule has 0 saturated carbocycles. The molecule has 0 atom stereocenters. The second-order valence-corrected chi connectivity index (χ2v) is 4.82. The molecular formula is C16H21N5O. The van der Waals surface area contributed by atoms with E-state index in [0.29, 0.717) is 0 Å². The Hall–Kier alpha value is -2.63. The Morgan fingerprint density at radius 3 is 2.55 bits per heavy atom. The standard InChI is InChI=1S/C16H21N5O/c1-4-21(5-2)16-10-15(17-11-18-16)20-14-8-6-7-13(9-14)19-12(3)22/h6-11H,4-5H2,1-3H3,(H,19,22)(H,17,18,20). The van der Waals surface area contributed by atoms with Crippen molar-refractivity contribution in [2.45, 2.75) is 20.8 Å². The lowest BCUT2D eigenvalue weighted by atomic mass is 10.2. The topological polar surface area (TPSA) is 70.2 Å². The second kappa shape index (κ2) is 7.40. The highest BCUT2D eigenvalue weighted by molar-refractivity contribution is 5.89. The van der Waals surface area contributed by atoms with E-state index < -0.39 is 0 Å². The Kier molecular flexibility index (Phi) is 5.30. The summed E-state index contributed by atoms with van der Waals surface area (Å²) in [5.74, 6) is 1.51. The van der Waals surface area contributed by atoms with E-state index in [4.69, 9.17) is 0 Å². The third-order valence-electron chi connectivity index (χ3n) is 3.20. The van der Waals surface area contributed by atoms with Crippen LogP contribution in [0.3, 0.4) is 0 Å². The summed E-state index contributed by atoms with van der Waals surface area (Å²) >= 11 is 0. The molecule has 22 heavy (non-hydrogen) atoms. The number of rotatable bonds is 6. The molecule has 0 bridgehead atoms. The van der Waals surface area contributed by atoms with Crippen LogP contribution >= 0.6 is 0 Å². The van der Waals surface area contributed by atoms with E-state index in [-0.39, 0.29) is 5.91 Å². The third-order valence-corrected chi connectivity index (χ3v) is 3.20. The van der Waals surface area contributed by atoms with Crippen LogP contribution in [-0.4, -0.2) is 29.0 Å². The predicted octanol–water partition coefficient (Wildman–Crippen LogP) is 3.02. The molecule has 0 spiro atoms. The summed E-state index contributed by atoms with van der Waals surface area (Å²) in [7, 11) is 0. The van der Waals surface area contributed by atoms with Gasteiger partial charge < -0.3 is 15.5 Å². The maximum Gasteiger partial charge on any atom is 0.221 e. The first-order valence-electron chi connectivity index (χ1n) is 7.34. The Labute approximate surface area is 130 Å². The molecule has 6 heteroatoms. The first kappa shape index (κ1) is 15.8. The molecule has 0 aliphatic rings. The summed E-state index contributed by atoms with van der Waals surface area (Å²) in [6.45, 7) is 7.46. The second-order valence-electron chi connectivity index (χ2n) is 4.82. The summed E-state index contributed by atoms with van der Waals surface area (Å²) in [5.41, 5.74) is 1.60. The predicted molar refractivity (Wildman–Crippen MR) is 89.6 cm³/mol. The van der Waals surface area contributed by atoms with Gasteiger partial charge >= 0.3 is 0 Å². The van der Waals surface area contributed by atoms with Crippen LogP contribution in [0, 0.1) is 0 Å². The van der Waals surface area contributed by atoms with Crippen LogP contribution in [-0.2, 0) is 4.79 Å².